The first kappa shape index (κ1) is 21.7. The number of hydrogen-bond acceptors (Lipinski definition) is 5. The van der Waals surface area contributed by atoms with E-state index in [0.29, 0.717) is 24.6 Å². The first-order valence-electron chi connectivity index (χ1n) is 10.3. The fourth-order valence-electron chi connectivity index (χ4n) is 4.32. The van der Waals surface area contributed by atoms with Crippen LogP contribution in [0.5, 0.6) is 5.75 Å². The van der Waals surface area contributed by atoms with Crippen molar-refractivity contribution in [2.75, 3.05) is 13.2 Å². The number of sulfonamides is 1. The van der Waals surface area contributed by atoms with Crippen molar-refractivity contribution >= 4 is 21.6 Å². The summed E-state index contributed by atoms with van der Waals surface area (Å²) in [5.74, 6) is -3.10. The van der Waals surface area contributed by atoms with E-state index in [1.54, 1.807) is 0 Å². The van der Waals surface area contributed by atoms with Crippen LogP contribution in [0.2, 0.25) is 0 Å². The van der Waals surface area contributed by atoms with Gasteiger partial charge in [0.15, 0.2) is 6.61 Å². The molecule has 1 saturated heterocycles. The number of fused-ring (bicyclic) bond motifs is 5. The Morgan fingerprint density at radius 2 is 1.87 bits per heavy atom. The molecular formula is C21H24F2N2O5S. The molecule has 3 aliphatic heterocycles. The van der Waals surface area contributed by atoms with Crippen molar-refractivity contribution in [2.45, 2.75) is 56.3 Å². The SMILES string of the molecule is O=C1COc2ccccc2C2CCC(CC2)O/C=C2/C(=N/S(=O)(=O)C(F)F)CCCN12. The molecule has 0 unspecified atom stereocenters. The number of ether oxygens (including phenoxy) is 2. The second-order valence-corrected chi connectivity index (χ2v) is 9.47. The second kappa shape index (κ2) is 8.94. The van der Waals surface area contributed by atoms with E-state index in [0.717, 1.165) is 31.2 Å². The number of halogens is 2. The minimum atomic E-state index is -4.98. The summed E-state index contributed by atoms with van der Waals surface area (Å²) in [6.45, 7) is 0.0272. The van der Waals surface area contributed by atoms with Crippen LogP contribution in [0.4, 0.5) is 8.78 Å². The van der Waals surface area contributed by atoms with Crippen LogP contribution < -0.4 is 4.74 Å². The van der Waals surface area contributed by atoms with E-state index in [1.807, 2.05) is 24.3 Å². The zero-order valence-electron chi connectivity index (χ0n) is 16.9. The number of benzene rings is 1. The van der Waals surface area contributed by atoms with Crippen molar-refractivity contribution in [3.8, 4) is 5.75 Å². The molecule has 168 valence electrons. The third kappa shape index (κ3) is 4.73. The summed E-state index contributed by atoms with van der Waals surface area (Å²) in [6.07, 6.45) is 5.07. The molecule has 5 rings (SSSR count). The highest BCUT2D eigenvalue weighted by Gasteiger charge is 2.33. The van der Waals surface area contributed by atoms with Crippen LogP contribution in [0.1, 0.15) is 50.0 Å². The number of carbonyl (C=O) groups excluding carboxylic acids is 1. The van der Waals surface area contributed by atoms with Gasteiger partial charge in [0.05, 0.1) is 11.8 Å². The molecule has 1 aliphatic carbocycles. The summed E-state index contributed by atoms with van der Waals surface area (Å²) < 4.78 is 64.3. The summed E-state index contributed by atoms with van der Waals surface area (Å²) in [5, 5.41) is 0. The topological polar surface area (TPSA) is 85.3 Å². The van der Waals surface area contributed by atoms with Gasteiger partial charge in [0.25, 0.3) is 5.91 Å². The predicted molar refractivity (Wildman–Crippen MR) is 109 cm³/mol. The molecule has 4 aliphatic rings. The second-order valence-electron chi connectivity index (χ2n) is 7.90. The van der Waals surface area contributed by atoms with Gasteiger partial charge in [0.1, 0.15) is 17.7 Å². The lowest BCUT2D eigenvalue weighted by atomic mass is 9.82. The van der Waals surface area contributed by atoms with E-state index in [2.05, 4.69) is 4.40 Å². The van der Waals surface area contributed by atoms with Gasteiger partial charge in [-0.1, -0.05) is 18.2 Å². The fourth-order valence-corrected chi connectivity index (χ4v) is 4.89. The van der Waals surface area contributed by atoms with Gasteiger partial charge in [-0.15, -0.1) is 0 Å². The molecule has 2 fully saturated rings. The Labute approximate surface area is 179 Å². The smallest absolute Gasteiger partial charge is 0.357 e. The molecule has 2 bridgehead atoms. The maximum atomic E-state index is 12.9. The average molecular weight is 454 g/mol. The van der Waals surface area contributed by atoms with E-state index in [1.165, 1.54) is 11.2 Å². The van der Waals surface area contributed by atoms with Gasteiger partial charge in [-0.3, -0.25) is 4.79 Å². The Kier molecular flexibility index (Phi) is 6.27. The zero-order chi connectivity index (χ0) is 22.0. The molecule has 0 radical (unpaired) electrons. The van der Waals surface area contributed by atoms with E-state index in [-0.39, 0.29) is 30.5 Å². The van der Waals surface area contributed by atoms with E-state index in [4.69, 9.17) is 9.47 Å². The van der Waals surface area contributed by atoms with Crippen LogP contribution in [-0.2, 0) is 19.6 Å². The molecule has 1 aromatic rings. The molecule has 7 nitrogen and oxygen atoms in total. The Balaban J connectivity index is 1.70. The third-order valence-electron chi connectivity index (χ3n) is 5.90. The maximum absolute atomic E-state index is 12.9. The molecule has 0 spiro atoms. The number of carbonyl (C=O) groups is 1. The van der Waals surface area contributed by atoms with Crippen molar-refractivity contribution in [1.29, 1.82) is 0 Å². The summed E-state index contributed by atoms with van der Waals surface area (Å²) >= 11 is 0. The summed E-state index contributed by atoms with van der Waals surface area (Å²) in [7, 11) is -4.98. The van der Waals surface area contributed by atoms with Gasteiger partial charge in [-0.2, -0.15) is 21.6 Å². The van der Waals surface area contributed by atoms with Crippen molar-refractivity contribution in [3.63, 3.8) is 0 Å². The minimum absolute atomic E-state index is 0.0936. The number of rotatable bonds is 2. The highest BCUT2D eigenvalue weighted by Crippen LogP contribution is 2.39. The Hall–Kier alpha value is -2.49. The number of amides is 1. The van der Waals surface area contributed by atoms with E-state index in [9.17, 15) is 22.0 Å². The first-order chi connectivity index (χ1) is 14.8. The lowest BCUT2D eigenvalue weighted by Crippen LogP contribution is -2.41. The summed E-state index contributed by atoms with van der Waals surface area (Å²) in [6, 6.07) is 7.64. The van der Waals surface area contributed by atoms with Crippen molar-refractivity contribution in [3.05, 3.63) is 41.8 Å². The average Bonchev–Trinajstić information content (AvgIpc) is 2.77. The van der Waals surface area contributed by atoms with Gasteiger partial charge < -0.3 is 14.4 Å². The molecule has 3 heterocycles. The first-order valence-corrected chi connectivity index (χ1v) is 11.8. The summed E-state index contributed by atoms with van der Waals surface area (Å²) in [4.78, 5) is 14.3. The lowest BCUT2D eigenvalue weighted by Gasteiger charge is -2.31. The number of para-hydroxylation sites is 1. The highest BCUT2D eigenvalue weighted by atomic mass is 32.2. The normalized spacial score (nSPS) is 27.7. The minimum Gasteiger partial charge on any atom is -0.496 e. The quantitative estimate of drug-likeness (QED) is 0.682. The fraction of sp³-hybridized carbons (Fsp3) is 0.524. The monoisotopic (exact) mass is 454 g/mol. The highest BCUT2D eigenvalue weighted by molar-refractivity contribution is 7.90. The standard InChI is InChI=1S/C21H24F2N2O5S/c22-21(23)31(27,28)24-17-5-3-11-25-18(17)12-29-15-9-7-14(8-10-15)16-4-1-2-6-19(16)30-13-20(25)26/h1-2,4,6,12,14-15,21H,3,5,7-11,13H2/b18-12-,24-17+. The number of piperidine rings is 1. The number of alkyl halides is 2. The van der Waals surface area contributed by atoms with Crippen molar-refractivity contribution in [1.82, 2.24) is 4.90 Å². The molecular weight excluding hydrogens is 430 g/mol. The maximum Gasteiger partial charge on any atom is 0.357 e. The predicted octanol–water partition coefficient (Wildman–Crippen LogP) is 3.58. The Morgan fingerprint density at radius 1 is 1.13 bits per heavy atom. The van der Waals surface area contributed by atoms with E-state index >= 15 is 0 Å². The molecule has 0 atom stereocenters. The molecule has 10 heteroatoms. The van der Waals surface area contributed by atoms with Gasteiger partial charge in [0.2, 0.25) is 0 Å². The molecule has 31 heavy (non-hydrogen) atoms. The van der Waals surface area contributed by atoms with Crippen LogP contribution in [0.3, 0.4) is 0 Å². The van der Waals surface area contributed by atoms with Gasteiger partial charge in [-0.25, -0.2) is 0 Å². The van der Waals surface area contributed by atoms with Crippen LogP contribution in [0.25, 0.3) is 0 Å². The Morgan fingerprint density at radius 3 is 2.61 bits per heavy atom. The van der Waals surface area contributed by atoms with Crippen LogP contribution in [0, 0.1) is 0 Å². The number of hydrogen-bond donors (Lipinski definition) is 0. The molecule has 0 aromatic heterocycles. The number of allylic oxidation sites excluding steroid dienone is 1. The van der Waals surface area contributed by atoms with Crippen LogP contribution in [0.15, 0.2) is 40.6 Å². The van der Waals surface area contributed by atoms with Gasteiger partial charge in [0, 0.05) is 6.54 Å². The van der Waals surface area contributed by atoms with Gasteiger partial charge >= 0.3 is 15.8 Å². The molecule has 0 N–H and O–H groups in total. The zero-order valence-corrected chi connectivity index (χ0v) is 17.7. The lowest BCUT2D eigenvalue weighted by molar-refractivity contribution is -0.131. The number of nitrogens with zero attached hydrogens (tertiary/aromatic N) is 2. The van der Waals surface area contributed by atoms with E-state index < -0.39 is 21.7 Å². The van der Waals surface area contributed by atoms with Crippen molar-refractivity contribution < 1.29 is 31.5 Å². The Bertz CT molecular complexity index is 1000. The van der Waals surface area contributed by atoms with Crippen LogP contribution in [-0.4, -0.2) is 49.9 Å². The third-order valence-corrected chi connectivity index (χ3v) is 6.83. The van der Waals surface area contributed by atoms with Gasteiger partial charge in [-0.05, 0) is 56.1 Å². The molecule has 1 aromatic carbocycles. The van der Waals surface area contributed by atoms with Crippen molar-refractivity contribution in [2.24, 2.45) is 4.40 Å². The molecule has 1 amide bonds. The molecule has 1 saturated carbocycles. The van der Waals surface area contributed by atoms with Crippen LogP contribution >= 0.6 is 0 Å². The summed E-state index contributed by atoms with van der Waals surface area (Å²) in [5.41, 5.74) is 1.08. The largest absolute Gasteiger partial charge is 0.496 e.